The monoisotopic (exact) mass is 267 g/mol. The zero-order valence-electron chi connectivity index (χ0n) is 11.0. The van der Waals surface area contributed by atoms with Crippen molar-refractivity contribution in [3.8, 4) is 0 Å². The van der Waals surface area contributed by atoms with Gasteiger partial charge in [0.1, 0.15) is 0 Å². The minimum Gasteiger partial charge on any atom is -0.481 e. The summed E-state index contributed by atoms with van der Waals surface area (Å²) >= 11 is 0. The van der Waals surface area contributed by atoms with Crippen LogP contribution in [0.2, 0.25) is 0 Å². The number of carbonyl (C=O) groups is 2. The van der Waals surface area contributed by atoms with Gasteiger partial charge in [-0.05, 0) is 25.7 Å². The summed E-state index contributed by atoms with van der Waals surface area (Å²) in [6.45, 7) is 3.35. The molecule has 2 heterocycles. The molecule has 3 fully saturated rings. The van der Waals surface area contributed by atoms with Crippen LogP contribution >= 0.6 is 0 Å². The quantitative estimate of drug-likeness (QED) is 0.756. The van der Waals surface area contributed by atoms with Gasteiger partial charge < -0.3 is 20.2 Å². The number of amides is 2. The molecule has 0 spiro atoms. The van der Waals surface area contributed by atoms with Crippen molar-refractivity contribution in [2.75, 3.05) is 26.2 Å². The second-order valence-electron chi connectivity index (χ2n) is 5.83. The summed E-state index contributed by atoms with van der Waals surface area (Å²) in [6, 6.07) is 0.706. The summed E-state index contributed by atoms with van der Waals surface area (Å²) in [5.41, 5.74) is 0. The van der Waals surface area contributed by atoms with Crippen LogP contribution in [0.3, 0.4) is 0 Å². The normalized spacial score (nSPS) is 35.4. The Balaban J connectivity index is 1.61. The predicted octanol–water partition coefficient (Wildman–Crippen LogP) is 0.339. The number of carbonyl (C=O) groups excluding carboxylic acids is 1. The Kier molecular flexibility index (Phi) is 3.35. The Morgan fingerprint density at radius 2 is 1.89 bits per heavy atom. The van der Waals surface area contributed by atoms with Gasteiger partial charge in [0.2, 0.25) is 0 Å². The first-order valence-electron chi connectivity index (χ1n) is 7.17. The summed E-state index contributed by atoms with van der Waals surface area (Å²) in [5, 5.41) is 12.3. The third kappa shape index (κ3) is 2.29. The van der Waals surface area contributed by atoms with Crippen molar-refractivity contribution in [3.05, 3.63) is 0 Å². The Labute approximate surface area is 112 Å². The lowest BCUT2D eigenvalue weighted by Crippen LogP contribution is -2.50. The summed E-state index contributed by atoms with van der Waals surface area (Å²) in [4.78, 5) is 27.3. The van der Waals surface area contributed by atoms with E-state index in [1.807, 2.05) is 9.80 Å². The van der Waals surface area contributed by atoms with Crippen molar-refractivity contribution in [1.29, 1.82) is 0 Å². The molecular formula is C13H21N3O3. The zero-order chi connectivity index (χ0) is 13.4. The molecule has 0 radical (unpaired) electrons. The maximum atomic E-state index is 12.4. The fraction of sp³-hybridized carbons (Fsp3) is 0.846. The molecule has 19 heavy (non-hydrogen) atoms. The number of urea groups is 1. The molecule has 0 bridgehead atoms. The Hall–Kier alpha value is -1.30. The number of nitrogens with one attached hydrogen (secondary N) is 1. The second-order valence-corrected chi connectivity index (χ2v) is 5.83. The number of rotatable bonds is 2. The lowest BCUT2D eigenvalue weighted by Gasteiger charge is -2.33. The Morgan fingerprint density at radius 3 is 2.53 bits per heavy atom. The van der Waals surface area contributed by atoms with E-state index in [0.29, 0.717) is 18.9 Å². The van der Waals surface area contributed by atoms with Crippen molar-refractivity contribution in [1.82, 2.24) is 15.1 Å². The second kappa shape index (κ2) is 5.00. The molecule has 6 nitrogen and oxygen atoms in total. The van der Waals surface area contributed by atoms with E-state index in [0.717, 1.165) is 39.0 Å². The molecule has 0 aromatic heterocycles. The van der Waals surface area contributed by atoms with Crippen LogP contribution in [0.15, 0.2) is 0 Å². The highest BCUT2D eigenvalue weighted by atomic mass is 16.4. The molecule has 2 N–H and O–H groups in total. The van der Waals surface area contributed by atoms with E-state index in [1.165, 1.54) is 0 Å². The maximum absolute atomic E-state index is 12.4. The number of piperazine rings is 1. The van der Waals surface area contributed by atoms with E-state index in [1.54, 1.807) is 0 Å². The topological polar surface area (TPSA) is 72.9 Å². The van der Waals surface area contributed by atoms with Crippen LogP contribution in [0.5, 0.6) is 0 Å². The largest absolute Gasteiger partial charge is 0.481 e. The van der Waals surface area contributed by atoms with E-state index in [9.17, 15) is 9.59 Å². The molecule has 1 unspecified atom stereocenters. The van der Waals surface area contributed by atoms with Gasteiger partial charge in [0.25, 0.3) is 0 Å². The highest BCUT2D eigenvalue weighted by Gasteiger charge is 2.42. The standard InChI is InChI=1S/C13H21N3O3/c17-12(18)9-1-3-10(4-2-9)16-8-11-7-14-5-6-15(11)13(16)19/h9-11,14H,1-8H2,(H,17,18)/t9-,10-,11?. The molecule has 106 valence electrons. The smallest absolute Gasteiger partial charge is 0.320 e. The summed E-state index contributed by atoms with van der Waals surface area (Å²) in [6.07, 6.45) is 3.06. The average molecular weight is 267 g/mol. The minimum absolute atomic E-state index is 0.158. The molecule has 2 saturated heterocycles. The fourth-order valence-corrected chi connectivity index (χ4v) is 3.59. The molecule has 3 aliphatic rings. The van der Waals surface area contributed by atoms with Crippen LogP contribution in [0.4, 0.5) is 4.79 Å². The summed E-state index contributed by atoms with van der Waals surface area (Å²) < 4.78 is 0. The number of nitrogens with zero attached hydrogens (tertiary/aromatic N) is 2. The SMILES string of the molecule is O=C1N2CCNCC2CN1[C@H]1CC[C@H](C(=O)O)CC1. The first kappa shape index (κ1) is 12.7. The van der Waals surface area contributed by atoms with Gasteiger partial charge in [0, 0.05) is 32.2 Å². The van der Waals surface area contributed by atoms with Crippen LogP contribution in [-0.4, -0.2) is 65.2 Å². The summed E-state index contributed by atoms with van der Waals surface area (Å²) in [5.74, 6) is -0.897. The van der Waals surface area contributed by atoms with Gasteiger partial charge in [0.15, 0.2) is 0 Å². The van der Waals surface area contributed by atoms with Crippen molar-refractivity contribution >= 4 is 12.0 Å². The molecule has 0 aromatic carbocycles. The first-order valence-corrected chi connectivity index (χ1v) is 7.17. The minimum atomic E-state index is -0.687. The van der Waals surface area contributed by atoms with Gasteiger partial charge >= 0.3 is 12.0 Å². The van der Waals surface area contributed by atoms with Gasteiger partial charge in [0.05, 0.1) is 12.0 Å². The Morgan fingerprint density at radius 1 is 1.16 bits per heavy atom. The number of hydrogen-bond donors (Lipinski definition) is 2. The third-order valence-corrected chi connectivity index (χ3v) is 4.74. The lowest BCUT2D eigenvalue weighted by molar-refractivity contribution is -0.143. The van der Waals surface area contributed by atoms with E-state index in [-0.39, 0.29) is 18.0 Å². The highest BCUT2D eigenvalue weighted by molar-refractivity contribution is 5.78. The van der Waals surface area contributed by atoms with E-state index in [2.05, 4.69) is 5.32 Å². The van der Waals surface area contributed by atoms with Crippen LogP contribution < -0.4 is 5.32 Å². The van der Waals surface area contributed by atoms with E-state index >= 15 is 0 Å². The summed E-state index contributed by atoms with van der Waals surface area (Å²) in [7, 11) is 0. The molecule has 1 aliphatic carbocycles. The number of fused-ring (bicyclic) bond motifs is 1. The maximum Gasteiger partial charge on any atom is 0.320 e. The highest BCUT2D eigenvalue weighted by Crippen LogP contribution is 2.31. The fourth-order valence-electron chi connectivity index (χ4n) is 3.59. The van der Waals surface area contributed by atoms with Gasteiger partial charge in [-0.15, -0.1) is 0 Å². The Bertz CT molecular complexity index is 379. The van der Waals surface area contributed by atoms with Crippen LogP contribution in [-0.2, 0) is 4.79 Å². The van der Waals surface area contributed by atoms with Gasteiger partial charge in [-0.1, -0.05) is 0 Å². The van der Waals surface area contributed by atoms with E-state index < -0.39 is 5.97 Å². The van der Waals surface area contributed by atoms with Crippen LogP contribution in [0.1, 0.15) is 25.7 Å². The molecule has 2 amide bonds. The molecule has 1 saturated carbocycles. The number of aliphatic carboxylic acids is 1. The van der Waals surface area contributed by atoms with E-state index in [4.69, 9.17) is 5.11 Å². The van der Waals surface area contributed by atoms with Gasteiger partial charge in [-0.25, -0.2) is 4.79 Å². The van der Waals surface area contributed by atoms with Gasteiger partial charge in [-0.3, -0.25) is 4.79 Å². The van der Waals surface area contributed by atoms with Crippen LogP contribution in [0.25, 0.3) is 0 Å². The first-order chi connectivity index (χ1) is 9.16. The lowest BCUT2D eigenvalue weighted by atomic mass is 9.85. The number of hydrogen-bond acceptors (Lipinski definition) is 3. The number of carboxylic acid groups (broad SMARTS) is 1. The molecule has 1 atom stereocenters. The molecule has 0 aromatic rings. The van der Waals surface area contributed by atoms with Crippen LogP contribution in [0, 0.1) is 5.92 Å². The molecule has 6 heteroatoms. The van der Waals surface area contributed by atoms with Gasteiger partial charge in [-0.2, -0.15) is 0 Å². The average Bonchev–Trinajstić information content (AvgIpc) is 2.77. The predicted molar refractivity (Wildman–Crippen MR) is 68.8 cm³/mol. The van der Waals surface area contributed by atoms with Crippen molar-refractivity contribution in [2.24, 2.45) is 5.92 Å². The third-order valence-electron chi connectivity index (χ3n) is 4.74. The van der Waals surface area contributed by atoms with Crippen molar-refractivity contribution in [3.63, 3.8) is 0 Å². The van der Waals surface area contributed by atoms with Crippen molar-refractivity contribution < 1.29 is 14.7 Å². The number of carboxylic acids is 1. The molecule has 2 aliphatic heterocycles. The molecular weight excluding hydrogens is 246 g/mol. The van der Waals surface area contributed by atoms with Crippen molar-refractivity contribution in [2.45, 2.75) is 37.8 Å². The zero-order valence-corrected chi connectivity index (χ0v) is 11.0. The molecule has 3 rings (SSSR count).